The largest absolute Gasteiger partial charge is 0.326 e. The number of rotatable bonds is 3. The summed E-state index contributed by atoms with van der Waals surface area (Å²) in [5, 5.41) is 2.11. The summed E-state index contributed by atoms with van der Waals surface area (Å²) < 4.78 is 40.7. The Balaban J connectivity index is 1.86. The number of hydrogen-bond donors (Lipinski definition) is 2. The molecule has 1 aromatic heterocycles. The van der Waals surface area contributed by atoms with E-state index >= 15 is 0 Å². The fourth-order valence-corrected chi connectivity index (χ4v) is 2.22. The summed E-state index contributed by atoms with van der Waals surface area (Å²) in [7, 11) is 0. The van der Waals surface area contributed by atoms with E-state index in [2.05, 4.69) is 10.3 Å². The quantitative estimate of drug-likeness (QED) is 0.727. The number of nitrogens with zero attached hydrogens (tertiary/aromatic N) is 1. The summed E-state index contributed by atoms with van der Waals surface area (Å²) >= 11 is 0. The lowest BCUT2D eigenvalue weighted by atomic mass is 10.2. The lowest BCUT2D eigenvalue weighted by molar-refractivity contribution is -0.116. The van der Waals surface area contributed by atoms with Crippen molar-refractivity contribution in [3.63, 3.8) is 0 Å². The highest BCUT2D eigenvalue weighted by atomic mass is 19.2. The van der Waals surface area contributed by atoms with E-state index in [4.69, 9.17) is 0 Å². The Morgan fingerprint density at radius 3 is 2.61 bits per heavy atom. The second-order valence-corrected chi connectivity index (χ2v) is 4.80. The van der Waals surface area contributed by atoms with Crippen molar-refractivity contribution >= 4 is 22.6 Å². The average Bonchev–Trinajstić information content (AvgIpc) is 2.84. The van der Waals surface area contributed by atoms with Crippen molar-refractivity contribution < 1.29 is 18.0 Å². The summed E-state index contributed by atoms with van der Waals surface area (Å²) in [4.78, 5) is 26.4. The molecule has 23 heavy (non-hydrogen) atoms. The van der Waals surface area contributed by atoms with Crippen LogP contribution in [-0.2, 0) is 11.3 Å². The monoisotopic (exact) mass is 321 g/mol. The molecule has 3 aromatic rings. The number of aromatic nitrogens is 2. The van der Waals surface area contributed by atoms with Crippen LogP contribution in [0.25, 0.3) is 11.0 Å². The molecule has 0 spiro atoms. The number of fused-ring (bicyclic) bond motifs is 1. The van der Waals surface area contributed by atoms with Crippen LogP contribution in [0.15, 0.2) is 41.2 Å². The van der Waals surface area contributed by atoms with E-state index in [9.17, 15) is 22.8 Å². The van der Waals surface area contributed by atoms with Gasteiger partial charge in [-0.3, -0.25) is 9.36 Å². The van der Waals surface area contributed by atoms with E-state index < -0.39 is 41.3 Å². The molecule has 118 valence electrons. The second kappa shape index (κ2) is 5.64. The highest BCUT2D eigenvalue weighted by Crippen LogP contribution is 2.19. The number of benzene rings is 2. The third kappa shape index (κ3) is 2.70. The van der Waals surface area contributed by atoms with Crippen molar-refractivity contribution in [3.05, 3.63) is 64.3 Å². The van der Waals surface area contributed by atoms with Crippen LogP contribution in [-0.4, -0.2) is 15.5 Å². The van der Waals surface area contributed by atoms with E-state index in [1.54, 1.807) is 24.3 Å². The molecule has 2 N–H and O–H groups in total. The molecular weight excluding hydrogens is 311 g/mol. The number of para-hydroxylation sites is 2. The summed E-state index contributed by atoms with van der Waals surface area (Å²) in [5.74, 6) is -5.27. The molecule has 0 unspecified atom stereocenters. The van der Waals surface area contributed by atoms with Crippen molar-refractivity contribution in [2.24, 2.45) is 0 Å². The topological polar surface area (TPSA) is 66.9 Å². The van der Waals surface area contributed by atoms with Crippen molar-refractivity contribution in [1.82, 2.24) is 9.55 Å². The zero-order valence-corrected chi connectivity index (χ0v) is 11.6. The molecule has 1 heterocycles. The fraction of sp³-hybridized carbons (Fsp3) is 0.0667. The number of anilines is 1. The molecule has 2 aromatic carbocycles. The maximum absolute atomic E-state index is 13.5. The molecule has 5 nitrogen and oxygen atoms in total. The van der Waals surface area contributed by atoms with Gasteiger partial charge in [-0.05, 0) is 24.3 Å². The van der Waals surface area contributed by atoms with Crippen LogP contribution in [0.4, 0.5) is 18.9 Å². The van der Waals surface area contributed by atoms with Crippen LogP contribution >= 0.6 is 0 Å². The molecule has 0 fully saturated rings. The number of amides is 1. The number of imidazole rings is 1. The first-order chi connectivity index (χ1) is 11.0. The van der Waals surface area contributed by atoms with Gasteiger partial charge in [0.05, 0.1) is 16.7 Å². The van der Waals surface area contributed by atoms with Gasteiger partial charge in [0.1, 0.15) is 6.54 Å². The van der Waals surface area contributed by atoms with Gasteiger partial charge in [0.15, 0.2) is 17.5 Å². The molecule has 3 rings (SSSR count). The molecule has 8 heteroatoms. The Hall–Kier alpha value is -3.03. The number of nitrogens with one attached hydrogen (secondary N) is 2. The summed E-state index contributed by atoms with van der Waals surface area (Å²) in [6.07, 6.45) is 0. The minimum atomic E-state index is -1.67. The molecule has 0 atom stereocenters. The third-order valence-electron chi connectivity index (χ3n) is 3.29. The number of carbonyl (C=O) groups excluding carboxylic acids is 1. The van der Waals surface area contributed by atoms with Crippen LogP contribution in [0.3, 0.4) is 0 Å². The highest BCUT2D eigenvalue weighted by Gasteiger charge is 2.16. The number of carbonyl (C=O) groups is 1. The van der Waals surface area contributed by atoms with Crippen molar-refractivity contribution in [2.75, 3.05) is 5.32 Å². The minimum absolute atomic E-state index is 0.402. The molecule has 1 amide bonds. The Labute approximate surface area is 127 Å². The lowest BCUT2D eigenvalue weighted by Gasteiger charge is -2.08. The Morgan fingerprint density at radius 2 is 1.83 bits per heavy atom. The number of hydrogen-bond acceptors (Lipinski definition) is 2. The summed E-state index contributed by atoms with van der Waals surface area (Å²) in [6.45, 7) is -0.402. The smallest absolute Gasteiger partial charge is 0.322 e. The minimum Gasteiger partial charge on any atom is -0.322 e. The second-order valence-electron chi connectivity index (χ2n) is 4.80. The van der Waals surface area contributed by atoms with E-state index in [1.807, 2.05) is 0 Å². The third-order valence-corrected chi connectivity index (χ3v) is 3.29. The van der Waals surface area contributed by atoms with Gasteiger partial charge in [-0.15, -0.1) is 0 Å². The Kier molecular flexibility index (Phi) is 3.65. The van der Waals surface area contributed by atoms with Crippen LogP contribution < -0.4 is 11.0 Å². The maximum Gasteiger partial charge on any atom is 0.326 e. The zero-order valence-electron chi connectivity index (χ0n) is 11.6. The van der Waals surface area contributed by atoms with E-state index in [0.717, 1.165) is 10.6 Å². The van der Waals surface area contributed by atoms with Gasteiger partial charge in [0, 0.05) is 0 Å². The molecule has 0 bridgehead atoms. The highest BCUT2D eigenvalue weighted by molar-refractivity contribution is 5.91. The van der Waals surface area contributed by atoms with Gasteiger partial charge in [0.25, 0.3) is 0 Å². The van der Waals surface area contributed by atoms with Crippen molar-refractivity contribution in [1.29, 1.82) is 0 Å². The molecular formula is C15H10F3N3O2. The normalized spacial score (nSPS) is 10.9. The summed E-state index contributed by atoms with van der Waals surface area (Å²) in [5.41, 5.74) is 0.0385. The zero-order chi connectivity index (χ0) is 16.6. The predicted molar refractivity (Wildman–Crippen MR) is 77.5 cm³/mol. The first-order valence-corrected chi connectivity index (χ1v) is 6.58. The molecule has 0 aliphatic rings. The Bertz CT molecular complexity index is 962. The van der Waals surface area contributed by atoms with Crippen molar-refractivity contribution in [2.45, 2.75) is 6.54 Å². The first kappa shape index (κ1) is 14.9. The van der Waals surface area contributed by atoms with Gasteiger partial charge < -0.3 is 10.3 Å². The standard InChI is InChI=1S/C15H10F3N3O2/c16-8-5-6-10(14(18)13(8)17)19-12(22)7-21-11-4-2-1-3-9(11)20-15(21)23/h1-6H,7H2,(H,19,22)(H,20,23). The van der Waals surface area contributed by atoms with E-state index in [0.29, 0.717) is 17.1 Å². The lowest BCUT2D eigenvalue weighted by Crippen LogP contribution is -2.26. The Morgan fingerprint density at radius 1 is 1.09 bits per heavy atom. The van der Waals surface area contributed by atoms with E-state index in [1.165, 1.54) is 0 Å². The van der Waals surface area contributed by atoms with Crippen molar-refractivity contribution in [3.8, 4) is 0 Å². The summed E-state index contributed by atoms with van der Waals surface area (Å²) in [6, 6.07) is 8.33. The number of aromatic amines is 1. The van der Waals surface area contributed by atoms with Crippen LogP contribution in [0.1, 0.15) is 0 Å². The van der Waals surface area contributed by atoms with Gasteiger partial charge in [0.2, 0.25) is 5.91 Å². The molecule has 0 aliphatic heterocycles. The van der Waals surface area contributed by atoms with Crippen LogP contribution in [0.5, 0.6) is 0 Å². The van der Waals surface area contributed by atoms with Gasteiger partial charge in [-0.25, -0.2) is 18.0 Å². The molecule has 0 saturated heterocycles. The first-order valence-electron chi connectivity index (χ1n) is 6.58. The van der Waals surface area contributed by atoms with E-state index in [-0.39, 0.29) is 0 Å². The fourth-order valence-electron chi connectivity index (χ4n) is 2.22. The molecule has 0 radical (unpaired) electrons. The van der Waals surface area contributed by atoms with Crippen LogP contribution in [0, 0.1) is 17.5 Å². The number of halogens is 3. The van der Waals surface area contributed by atoms with Gasteiger partial charge in [-0.1, -0.05) is 12.1 Å². The predicted octanol–water partition coefficient (Wildman–Crippen LogP) is 2.39. The average molecular weight is 321 g/mol. The van der Waals surface area contributed by atoms with Gasteiger partial charge >= 0.3 is 5.69 Å². The maximum atomic E-state index is 13.5. The molecule has 0 aliphatic carbocycles. The SMILES string of the molecule is O=C(Cn1c(=O)[nH]c2ccccc21)Nc1ccc(F)c(F)c1F. The number of H-pyrrole nitrogens is 1. The van der Waals surface area contributed by atoms with Crippen LogP contribution in [0.2, 0.25) is 0 Å². The van der Waals surface area contributed by atoms with Gasteiger partial charge in [-0.2, -0.15) is 0 Å². The molecule has 0 saturated carbocycles.